The second-order valence-corrected chi connectivity index (χ2v) is 9.48. The number of sulfone groups is 1. The van der Waals surface area contributed by atoms with Crippen molar-refractivity contribution >= 4 is 26.8 Å². The van der Waals surface area contributed by atoms with Crippen LogP contribution in [0, 0.1) is 6.92 Å². The van der Waals surface area contributed by atoms with E-state index >= 15 is 0 Å². The van der Waals surface area contributed by atoms with Crippen LogP contribution in [0.3, 0.4) is 0 Å². The summed E-state index contributed by atoms with van der Waals surface area (Å²) in [5.41, 5.74) is 3.01. The molecule has 3 heterocycles. The van der Waals surface area contributed by atoms with E-state index in [-0.39, 0.29) is 23.5 Å². The molecule has 1 saturated carbocycles. The number of amides is 1. The maximum absolute atomic E-state index is 13.2. The van der Waals surface area contributed by atoms with Gasteiger partial charge in [-0.15, -0.1) is 0 Å². The van der Waals surface area contributed by atoms with E-state index in [4.69, 9.17) is 4.98 Å². The number of hydrogen-bond acceptors (Lipinski definition) is 5. The lowest BCUT2D eigenvalue weighted by molar-refractivity contribution is 0.0749. The molecule has 1 unspecified atom stereocenters. The van der Waals surface area contributed by atoms with Crippen LogP contribution in [0.2, 0.25) is 0 Å². The van der Waals surface area contributed by atoms with Crippen molar-refractivity contribution in [3.63, 3.8) is 0 Å². The highest BCUT2D eigenvalue weighted by Crippen LogP contribution is 2.40. The lowest BCUT2D eigenvalue weighted by Crippen LogP contribution is -2.38. The van der Waals surface area contributed by atoms with Crippen molar-refractivity contribution in [3.05, 3.63) is 23.0 Å². The van der Waals surface area contributed by atoms with Crippen LogP contribution in [0.1, 0.15) is 46.9 Å². The summed E-state index contributed by atoms with van der Waals surface area (Å²) < 4.78 is 25.2. The summed E-state index contributed by atoms with van der Waals surface area (Å²) in [6.07, 6.45) is 2.69. The molecule has 2 aliphatic rings. The standard InChI is InChI=1S/C17H22N4O3S/c1-10-15-13(17(22)20(2)12-6-7-25(23,24)9-12)8-14(11-4-5-11)18-16(15)21(3)19-10/h8,11-12H,4-7,9H2,1-3H3. The van der Waals surface area contributed by atoms with Gasteiger partial charge in [0.1, 0.15) is 0 Å². The van der Waals surface area contributed by atoms with Crippen LogP contribution in [-0.2, 0) is 16.9 Å². The second-order valence-electron chi connectivity index (χ2n) is 7.25. The summed E-state index contributed by atoms with van der Waals surface area (Å²) in [5, 5.41) is 5.19. The molecule has 2 fully saturated rings. The third-order valence-electron chi connectivity index (χ3n) is 5.29. The van der Waals surface area contributed by atoms with Gasteiger partial charge in [0.15, 0.2) is 15.5 Å². The maximum atomic E-state index is 13.2. The van der Waals surface area contributed by atoms with Crippen LogP contribution >= 0.6 is 0 Å². The number of aromatic nitrogens is 3. The van der Waals surface area contributed by atoms with Gasteiger partial charge in [-0.3, -0.25) is 9.48 Å². The van der Waals surface area contributed by atoms with Crippen molar-refractivity contribution < 1.29 is 13.2 Å². The van der Waals surface area contributed by atoms with Gasteiger partial charge in [-0.1, -0.05) is 0 Å². The first-order valence-corrected chi connectivity index (χ1v) is 10.4. The minimum absolute atomic E-state index is 0.0466. The van der Waals surface area contributed by atoms with E-state index < -0.39 is 9.84 Å². The molecule has 2 aromatic rings. The van der Waals surface area contributed by atoms with Gasteiger partial charge in [-0.25, -0.2) is 13.4 Å². The number of carbonyl (C=O) groups excluding carboxylic acids is 1. The molecule has 2 aromatic heterocycles. The van der Waals surface area contributed by atoms with Crippen LogP contribution in [0.15, 0.2) is 6.07 Å². The number of nitrogens with zero attached hydrogens (tertiary/aromatic N) is 4. The van der Waals surface area contributed by atoms with Crippen LogP contribution < -0.4 is 0 Å². The fraction of sp³-hybridized carbons (Fsp3) is 0.588. The fourth-order valence-corrected chi connectivity index (χ4v) is 5.43. The van der Waals surface area contributed by atoms with Crippen LogP contribution in [0.4, 0.5) is 0 Å². The van der Waals surface area contributed by atoms with Gasteiger partial charge in [0, 0.05) is 31.7 Å². The Morgan fingerprint density at radius 2 is 2.04 bits per heavy atom. The first-order valence-electron chi connectivity index (χ1n) is 8.58. The van der Waals surface area contributed by atoms with E-state index in [0.717, 1.165) is 35.3 Å². The highest BCUT2D eigenvalue weighted by atomic mass is 32.2. The summed E-state index contributed by atoms with van der Waals surface area (Å²) >= 11 is 0. The number of rotatable bonds is 3. The monoisotopic (exact) mass is 362 g/mol. The minimum atomic E-state index is -3.04. The SMILES string of the molecule is Cc1nn(C)c2nc(C3CC3)cc(C(=O)N(C)C3CCS(=O)(=O)C3)c12. The highest BCUT2D eigenvalue weighted by molar-refractivity contribution is 7.91. The molecule has 7 nitrogen and oxygen atoms in total. The zero-order chi connectivity index (χ0) is 17.9. The van der Waals surface area contributed by atoms with E-state index in [1.165, 1.54) is 0 Å². The normalized spacial score (nSPS) is 22.4. The third kappa shape index (κ3) is 2.82. The van der Waals surface area contributed by atoms with E-state index in [1.807, 2.05) is 20.0 Å². The first kappa shape index (κ1) is 16.5. The molecule has 25 heavy (non-hydrogen) atoms. The van der Waals surface area contributed by atoms with Gasteiger partial charge < -0.3 is 4.90 Å². The largest absolute Gasteiger partial charge is 0.338 e. The van der Waals surface area contributed by atoms with E-state index in [0.29, 0.717) is 17.9 Å². The Kier molecular flexibility index (Phi) is 3.64. The summed E-state index contributed by atoms with van der Waals surface area (Å²) in [7, 11) is 0.494. The quantitative estimate of drug-likeness (QED) is 0.824. The van der Waals surface area contributed by atoms with E-state index in [2.05, 4.69) is 5.10 Å². The van der Waals surface area contributed by atoms with Crippen molar-refractivity contribution in [2.75, 3.05) is 18.6 Å². The predicted molar refractivity (Wildman–Crippen MR) is 94.4 cm³/mol. The summed E-state index contributed by atoms with van der Waals surface area (Å²) in [5.74, 6) is 0.474. The number of carbonyl (C=O) groups is 1. The molecule has 0 N–H and O–H groups in total. The molecule has 0 bridgehead atoms. The topological polar surface area (TPSA) is 85.2 Å². The highest BCUT2D eigenvalue weighted by Gasteiger charge is 2.35. The molecule has 1 aliphatic carbocycles. The molecule has 1 atom stereocenters. The maximum Gasteiger partial charge on any atom is 0.254 e. The summed E-state index contributed by atoms with van der Waals surface area (Å²) in [6, 6.07) is 1.62. The zero-order valence-electron chi connectivity index (χ0n) is 14.7. The van der Waals surface area contributed by atoms with E-state index in [9.17, 15) is 13.2 Å². The minimum Gasteiger partial charge on any atom is -0.338 e. The Labute approximate surface area is 146 Å². The van der Waals surface area contributed by atoms with Crippen LogP contribution in [0.25, 0.3) is 11.0 Å². The summed E-state index contributed by atoms with van der Waals surface area (Å²) in [4.78, 5) is 19.5. The van der Waals surface area contributed by atoms with Crippen molar-refractivity contribution in [2.24, 2.45) is 7.05 Å². The second kappa shape index (κ2) is 5.52. The van der Waals surface area contributed by atoms with Crippen molar-refractivity contribution in [1.82, 2.24) is 19.7 Å². The smallest absolute Gasteiger partial charge is 0.254 e. The molecular formula is C17H22N4O3S. The number of fused-ring (bicyclic) bond motifs is 1. The van der Waals surface area contributed by atoms with Gasteiger partial charge in [-0.05, 0) is 32.3 Å². The Bertz CT molecular complexity index is 975. The van der Waals surface area contributed by atoms with Crippen molar-refractivity contribution in [1.29, 1.82) is 0 Å². The molecule has 4 rings (SSSR count). The molecule has 0 aromatic carbocycles. The molecular weight excluding hydrogens is 340 g/mol. The van der Waals surface area contributed by atoms with Gasteiger partial charge in [0.05, 0.1) is 28.1 Å². The third-order valence-corrected chi connectivity index (χ3v) is 7.04. The Hall–Kier alpha value is -1.96. The van der Waals surface area contributed by atoms with Crippen molar-refractivity contribution in [2.45, 2.75) is 38.1 Å². The number of aryl methyl sites for hydroxylation is 2. The van der Waals surface area contributed by atoms with Gasteiger partial charge in [0.2, 0.25) is 0 Å². The molecule has 1 aliphatic heterocycles. The van der Waals surface area contributed by atoms with Crippen LogP contribution in [0.5, 0.6) is 0 Å². The lowest BCUT2D eigenvalue weighted by Gasteiger charge is -2.24. The number of pyridine rings is 1. The van der Waals surface area contributed by atoms with Gasteiger partial charge >= 0.3 is 0 Å². The molecule has 0 spiro atoms. The average Bonchev–Trinajstić information content (AvgIpc) is 3.29. The van der Waals surface area contributed by atoms with Gasteiger partial charge in [0.25, 0.3) is 5.91 Å². The lowest BCUT2D eigenvalue weighted by atomic mass is 10.1. The van der Waals surface area contributed by atoms with Gasteiger partial charge in [-0.2, -0.15) is 5.10 Å². The Morgan fingerprint density at radius 1 is 1.32 bits per heavy atom. The fourth-order valence-electron chi connectivity index (χ4n) is 3.66. The molecule has 1 saturated heterocycles. The first-order chi connectivity index (χ1) is 11.8. The average molecular weight is 362 g/mol. The van der Waals surface area contributed by atoms with E-state index in [1.54, 1.807) is 16.6 Å². The molecule has 1 amide bonds. The Morgan fingerprint density at radius 3 is 2.64 bits per heavy atom. The Balaban J connectivity index is 1.78. The van der Waals surface area contributed by atoms with Crippen molar-refractivity contribution in [3.8, 4) is 0 Å². The van der Waals surface area contributed by atoms with Crippen LogP contribution in [-0.4, -0.2) is 58.6 Å². The molecule has 0 radical (unpaired) electrons. The molecule has 134 valence electrons. The predicted octanol–water partition coefficient (Wildman–Crippen LogP) is 1.41. The summed E-state index contributed by atoms with van der Waals surface area (Å²) in [6.45, 7) is 1.87. The zero-order valence-corrected chi connectivity index (χ0v) is 15.5. The molecule has 8 heteroatoms. The number of hydrogen-bond donors (Lipinski definition) is 0.